The van der Waals surface area contributed by atoms with E-state index in [1.807, 2.05) is 42.5 Å². The van der Waals surface area contributed by atoms with Crippen LogP contribution < -0.4 is 0 Å². The second kappa shape index (κ2) is 14.5. The molecule has 0 spiro atoms. The fourth-order valence-electron chi connectivity index (χ4n) is 9.53. The number of nitrogens with zero attached hydrogens (tertiary/aromatic N) is 4. The predicted octanol–water partition coefficient (Wildman–Crippen LogP) is 15.5. The van der Waals surface area contributed by atoms with Gasteiger partial charge >= 0.3 is 0 Å². The third-order valence-electron chi connectivity index (χ3n) is 12.6. The first-order chi connectivity index (χ1) is 31.7. The second-order valence-corrected chi connectivity index (χ2v) is 16.4. The number of fused-ring (bicyclic) bond motifs is 9. The minimum atomic E-state index is 0.608. The maximum absolute atomic E-state index is 6.53. The molecule has 13 rings (SSSR count). The van der Waals surface area contributed by atoms with E-state index in [4.69, 9.17) is 19.4 Å². The molecule has 0 saturated carbocycles. The van der Waals surface area contributed by atoms with Crippen LogP contribution >= 0.6 is 0 Å². The zero-order valence-electron chi connectivity index (χ0n) is 34.5. The fraction of sp³-hybridized carbons (Fsp3) is 0. The van der Waals surface area contributed by atoms with Crippen molar-refractivity contribution in [3.05, 3.63) is 218 Å². The van der Waals surface area contributed by atoms with Crippen molar-refractivity contribution in [2.75, 3.05) is 0 Å². The average Bonchev–Trinajstić information content (AvgIpc) is 3.92. The van der Waals surface area contributed by atoms with E-state index >= 15 is 0 Å². The van der Waals surface area contributed by atoms with Gasteiger partial charge in [0.1, 0.15) is 11.2 Å². The van der Waals surface area contributed by atoms with E-state index in [9.17, 15) is 0 Å². The summed E-state index contributed by atoms with van der Waals surface area (Å²) in [5.74, 6) is 1.85. The van der Waals surface area contributed by atoms with Gasteiger partial charge in [-0.15, -0.1) is 0 Å². The molecule has 0 amide bonds. The largest absolute Gasteiger partial charge is 0.455 e. The van der Waals surface area contributed by atoms with Crippen LogP contribution in [-0.2, 0) is 0 Å². The van der Waals surface area contributed by atoms with Gasteiger partial charge in [0, 0.05) is 49.5 Å². The Bertz CT molecular complexity index is 3960. The lowest BCUT2D eigenvalue weighted by Crippen LogP contribution is -2.01. The van der Waals surface area contributed by atoms with Crippen LogP contribution in [0.15, 0.2) is 223 Å². The molecular weight excluding hydrogens is 781 g/mol. The quantitative estimate of drug-likeness (QED) is 0.168. The van der Waals surface area contributed by atoms with E-state index < -0.39 is 0 Å². The molecule has 3 heterocycles. The van der Waals surface area contributed by atoms with Crippen LogP contribution in [0.2, 0.25) is 0 Å². The summed E-state index contributed by atoms with van der Waals surface area (Å²) in [6.45, 7) is 0. The van der Waals surface area contributed by atoms with Crippen molar-refractivity contribution < 1.29 is 4.42 Å². The number of aromatic nitrogens is 4. The minimum absolute atomic E-state index is 0.608. The highest BCUT2D eigenvalue weighted by Crippen LogP contribution is 2.42. The van der Waals surface area contributed by atoms with Crippen molar-refractivity contribution in [2.45, 2.75) is 0 Å². The van der Waals surface area contributed by atoms with E-state index in [0.717, 1.165) is 72.0 Å². The number of para-hydroxylation sites is 2. The summed E-state index contributed by atoms with van der Waals surface area (Å²) in [4.78, 5) is 15.4. The van der Waals surface area contributed by atoms with Gasteiger partial charge in [0.2, 0.25) is 0 Å². The van der Waals surface area contributed by atoms with Gasteiger partial charge in [-0.3, -0.25) is 0 Å². The number of rotatable bonds is 6. The van der Waals surface area contributed by atoms with Crippen molar-refractivity contribution in [2.24, 2.45) is 0 Å². The Morgan fingerprint density at radius 1 is 0.328 bits per heavy atom. The first-order valence-electron chi connectivity index (χ1n) is 21.6. The number of hydrogen-bond acceptors (Lipinski definition) is 4. The Balaban J connectivity index is 0.958. The van der Waals surface area contributed by atoms with Crippen LogP contribution in [0.1, 0.15) is 0 Å². The molecule has 3 aromatic heterocycles. The molecule has 5 nitrogen and oxygen atoms in total. The summed E-state index contributed by atoms with van der Waals surface area (Å²) >= 11 is 0. The highest BCUT2D eigenvalue weighted by atomic mass is 16.3. The Labute approximate surface area is 368 Å². The van der Waals surface area contributed by atoms with Gasteiger partial charge in [-0.2, -0.15) is 0 Å². The molecule has 0 radical (unpaired) electrons. The molecule has 5 heteroatoms. The van der Waals surface area contributed by atoms with Gasteiger partial charge in [-0.25, -0.2) is 15.0 Å². The van der Waals surface area contributed by atoms with E-state index in [0.29, 0.717) is 17.5 Å². The topological polar surface area (TPSA) is 56.7 Å². The molecule has 13 aromatic rings. The van der Waals surface area contributed by atoms with E-state index in [2.05, 4.69) is 180 Å². The molecule has 0 unspecified atom stereocenters. The fourth-order valence-corrected chi connectivity index (χ4v) is 9.53. The first-order valence-corrected chi connectivity index (χ1v) is 21.6. The normalized spacial score (nSPS) is 11.8. The SMILES string of the molecule is c1ccc(-c2nc(-c3ccc(-c4ccc5ccccc5c4)cc3)nc(-c3cccc(-n4c5ccc(-c6cccc7c6oc6ccccc67)cc5c5c6ccccc6ccc54)c3)n2)cc1. The van der Waals surface area contributed by atoms with Gasteiger partial charge in [-0.1, -0.05) is 176 Å². The monoisotopic (exact) mass is 816 g/mol. The van der Waals surface area contributed by atoms with Crippen molar-refractivity contribution in [1.29, 1.82) is 0 Å². The molecular formula is C59H36N4O. The molecule has 0 aliphatic carbocycles. The number of benzene rings is 10. The van der Waals surface area contributed by atoms with E-state index in [-0.39, 0.29) is 0 Å². The Hall–Kier alpha value is -8.67. The first kappa shape index (κ1) is 36.0. The van der Waals surface area contributed by atoms with Crippen LogP contribution in [-0.4, -0.2) is 19.5 Å². The lowest BCUT2D eigenvalue weighted by Gasteiger charge is -2.12. The van der Waals surface area contributed by atoms with Gasteiger partial charge < -0.3 is 8.98 Å². The lowest BCUT2D eigenvalue weighted by molar-refractivity contribution is 0.670. The van der Waals surface area contributed by atoms with Crippen molar-refractivity contribution in [3.8, 4) is 62.1 Å². The third kappa shape index (κ3) is 5.90. The molecule has 0 aliphatic heterocycles. The van der Waals surface area contributed by atoms with Crippen molar-refractivity contribution in [1.82, 2.24) is 19.5 Å². The standard InChI is InChI=1S/C59H36N4O/c1-2-14-40(15-3-1)57-60-58(41-27-24-38(25-28-41)43-29-26-37-12-4-5-16-42(37)34-43)62-59(61-57)45-17-10-18-46(35-45)63-52-32-31-44(36-51(52)55-47-19-7-6-13-39(47)30-33-53(55)63)48-21-11-22-50-49-20-8-9-23-54(49)64-56(48)50/h1-36H. The third-order valence-corrected chi connectivity index (χ3v) is 12.6. The van der Waals surface area contributed by atoms with Gasteiger partial charge in [0.25, 0.3) is 0 Å². The lowest BCUT2D eigenvalue weighted by atomic mass is 9.99. The molecule has 0 fully saturated rings. The molecule has 0 saturated heterocycles. The van der Waals surface area contributed by atoms with Crippen LogP contribution in [0.5, 0.6) is 0 Å². The Kier molecular flexibility index (Phi) is 8.15. The molecule has 0 N–H and O–H groups in total. The van der Waals surface area contributed by atoms with Crippen LogP contribution in [0.25, 0.3) is 127 Å². The summed E-state index contributed by atoms with van der Waals surface area (Å²) < 4.78 is 8.90. The second-order valence-electron chi connectivity index (χ2n) is 16.4. The number of furan rings is 1. The Morgan fingerprint density at radius 3 is 1.77 bits per heavy atom. The van der Waals surface area contributed by atoms with Gasteiger partial charge in [0.05, 0.1) is 11.0 Å². The van der Waals surface area contributed by atoms with Crippen molar-refractivity contribution in [3.63, 3.8) is 0 Å². The zero-order chi connectivity index (χ0) is 42.1. The highest BCUT2D eigenvalue weighted by molar-refractivity contribution is 6.22. The van der Waals surface area contributed by atoms with E-state index in [1.54, 1.807) is 0 Å². The van der Waals surface area contributed by atoms with Crippen LogP contribution in [0.3, 0.4) is 0 Å². The maximum Gasteiger partial charge on any atom is 0.164 e. The van der Waals surface area contributed by atoms with Crippen LogP contribution in [0.4, 0.5) is 0 Å². The predicted molar refractivity (Wildman–Crippen MR) is 264 cm³/mol. The van der Waals surface area contributed by atoms with Gasteiger partial charge in [0.15, 0.2) is 17.5 Å². The molecule has 298 valence electrons. The molecule has 10 aromatic carbocycles. The number of hydrogen-bond donors (Lipinski definition) is 0. The summed E-state index contributed by atoms with van der Waals surface area (Å²) in [7, 11) is 0. The Morgan fingerprint density at radius 2 is 0.922 bits per heavy atom. The zero-order valence-corrected chi connectivity index (χ0v) is 34.5. The average molecular weight is 817 g/mol. The molecule has 0 atom stereocenters. The smallest absolute Gasteiger partial charge is 0.164 e. The minimum Gasteiger partial charge on any atom is -0.455 e. The van der Waals surface area contributed by atoms with E-state index in [1.165, 1.54) is 37.9 Å². The van der Waals surface area contributed by atoms with Crippen molar-refractivity contribution >= 4 is 65.3 Å². The summed E-state index contributed by atoms with van der Waals surface area (Å²) in [6.07, 6.45) is 0. The summed E-state index contributed by atoms with van der Waals surface area (Å²) in [5, 5.41) is 9.47. The summed E-state index contributed by atoms with van der Waals surface area (Å²) in [6, 6.07) is 77.0. The molecule has 0 aliphatic rings. The maximum atomic E-state index is 6.53. The molecule has 0 bridgehead atoms. The van der Waals surface area contributed by atoms with Gasteiger partial charge in [-0.05, 0) is 80.7 Å². The summed E-state index contributed by atoms with van der Waals surface area (Å²) in [5.41, 5.74) is 12.3. The van der Waals surface area contributed by atoms with Crippen LogP contribution in [0, 0.1) is 0 Å². The molecule has 64 heavy (non-hydrogen) atoms. The highest BCUT2D eigenvalue weighted by Gasteiger charge is 2.20.